The number of benzene rings is 2. The van der Waals surface area contributed by atoms with Crippen molar-refractivity contribution in [2.45, 2.75) is 13.3 Å². The van der Waals surface area contributed by atoms with Crippen LogP contribution in [-0.4, -0.2) is 30.1 Å². The molecule has 1 aliphatic rings. The van der Waals surface area contributed by atoms with E-state index in [1.54, 1.807) is 29.2 Å². The Morgan fingerprint density at radius 3 is 2.76 bits per heavy atom. The summed E-state index contributed by atoms with van der Waals surface area (Å²) in [5.41, 5.74) is 2.91. The van der Waals surface area contributed by atoms with Crippen LogP contribution < -0.4 is 15.5 Å². The number of rotatable bonds is 4. The Kier molecular flexibility index (Phi) is 4.94. The minimum atomic E-state index is -0.215. The number of urea groups is 1. The first-order chi connectivity index (χ1) is 11.9. The highest BCUT2D eigenvalue weighted by Gasteiger charge is 2.21. The fraction of sp³-hybridized carbons (Fsp3) is 0.222. The summed E-state index contributed by atoms with van der Waals surface area (Å²) in [6, 6.07) is 10.4. The number of amides is 3. The van der Waals surface area contributed by atoms with E-state index in [1.165, 1.54) is 0 Å². The summed E-state index contributed by atoms with van der Waals surface area (Å²) in [5.74, 6) is -0.135. The van der Waals surface area contributed by atoms with Gasteiger partial charge in [-0.05, 0) is 42.8 Å². The molecule has 0 aromatic heterocycles. The number of aromatic hydroxyl groups is 1. The molecule has 130 valence electrons. The predicted octanol–water partition coefficient (Wildman–Crippen LogP) is 3.17. The molecule has 3 amide bonds. The Morgan fingerprint density at radius 2 is 2.12 bits per heavy atom. The van der Waals surface area contributed by atoms with Gasteiger partial charge in [-0.2, -0.15) is 0 Å². The highest BCUT2D eigenvalue weighted by molar-refractivity contribution is 9.10. The van der Waals surface area contributed by atoms with Crippen molar-refractivity contribution < 1.29 is 14.7 Å². The van der Waals surface area contributed by atoms with Crippen LogP contribution in [0.1, 0.15) is 11.1 Å². The minimum absolute atomic E-state index is 0.0782. The Morgan fingerprint density at radius 1 is 1.32 bits per heavy atom. The molecule has 6 nitrogen and oxygen atoms in total. The molecule has 0 atom stereocenters. The van der Waals surface area contributed by atoms with Crippen molar-refractivity contribution in [2.75, 3.05) is 23.3 Å². The van der Waals surface area contributed by atoms with Crippen molar-refractivity contribution in [3.05, 3.63) is 52.0 Å². The fourth-order valence-electron chi connectivity index (χ4n) is 2.73. The van der Waals surface area contributed by atoms with E-state index < -0.39 is 0 Å². The molecule has 0 spiro atoms. The smallest absolute Gasteiger partial charge is 0.321 e. The Bertz CT molecular complexity index is 838. The van der Waals surface area contributed by atoms with E-state index >= 15 is 0 Å². The molecule has 3 N–H and O–H groups in total. The van der Waals surface area contributed by atoms with Crippen LogP contribution in [0.3, 0.4) is 0 Å². The molecule has 7 heteroatoms. The first kappa shape index (κ1) is 17.3. The van der Waals surface area contributed by atoms with E-state index in [4.69, 9.17) is 0 Å². The van der Waals surface area contributed by atoms with Crippen LogP contribution in [0.4, 0.5) is 16.2 Å². The standard InChI is InChI=1S/C18H18BrN3O3/c1-11-8-14(22-7-6-20-18(22)25)4-5-15(11)21-17(24)9-12-2-3-13(19)10-16(12)23/h2-5,8,10,23H,6-7,9H2,1H3,(H,20,25)(H,21,24). The molecule has 0 unspecified atom stereocenters. The zero-order valence-corrected chi connectivity index (χ0v) is 15.3. The van der Waals surface area contributed by atoms with Crippen LogP contribution in [0, 0.1) is 6.92 Å². The van der Waals surface area contributed by atoms with Crippen LogP contribution in [0.25, 0.3) is 0 Å². The number of phenolic OH excluding ortho intramolecular Hbond substituents is 1. The van der Waals surface area contributed by atoms with Gasteiger partial charge >= 0.3 is 6.03 Å². The predicted molar refractivity (Wildman–Crippen MR) is 100 cm³/mol. The van der Waals surface area contributed by atoms with E-state index in [-0.39, 0.29) is 24.1 Å². The summed E-state index contributed by atoms with van der Waals surface area (Å²) in [6.07, 6.45) is 0.0782. The zero-order valence-electron chi connectivity index (χ0n) is 13.7. The number of halogens is 1. The lowest BCUT2D eigenvalue weighted by atomic mass is 10.1. The first-order valence-electron chi connectivity index (χ1n) is 7.87. The van der Waals surface area contributed by atoms with Gasteiger partial charge in [0.05, 0.1) is 6.42 Å². The van der Waals surface area contributed by atoms with Crippen LogP contribution in [-0.2, 0) is 11.2 Å². The van der Waals surface area contributed by atoms with Gasteiger partial charge < -0.3 is 15.7 Å². The van der Waals surface area contributed by atoms with Crippen LogP contribution in [0.5, 0.6) is 5.75 Å². The Balaban J connectivity index is 1.70. The fourth-order valence-corrected chi connectivity index (χ4v) is 3.08. The summed E-state index contributed by atoms with van der Waals surface area (Å²) in [4.78, 5) is 25.6. The number of phenols is 1. The molecule has 0 aliphatic carbocycles. The lowest BCUT2D eigenvalue weighted by Gasteiger charge is -2.17. The Hall–Kier alpha value is -2.54. The summed E-state index contributed by atoms with van der Waals surface area (Å²) in [5, 5.41) is 15.5. The molecular formula is C18H18BrN3O3. The second-order valence-electron chi connectivity index (χ2n) is 5.88. The number of nitrogens with one attached hydrogen (secondary N) is 2. The molecule has 2 aromatic carbocycles. The van der Waals surface area contributed by atoms with Crippen LogP contribution in [0.15, 0.2) is 40.9 Å². The molecular weight excluding hydrogens is 386 g/mol. The van der Waals surface area contributed by atoms with Crippen molar-refractivity contribution in [2.24, 2.45) is 0 Å². The van der Waals surface area contributed by atoms with E-state index in [0.29, 0.717) is 24.3 Å². The molecule has 1 heterocycles. The zero-order chi connectivity index (χ0) is 18.0. The van der Waals surface area contributed by atoms with Crippen molar-refractivity contribution in [1.82, 2.24) is 5.32 Å². The SMILES string of the molecule is Cc1cc(N2CCNC2=O)ccc1NC(=O)Cc1ccc(Br)cc1O. The summed E-state index contributed by atoms with van der Waals surface area (Å²) >= 11 is 3.27. The summed E-state index contributed by atoms with van der Waals surface area (Å²) < 4.78 is 0.756. The average Bonchev–Trinajstić information content (AvgIpc) is 2.98. The van der Waals surface area contributed by atoms with Gasteiger partial charge in [-0.25, -0.2) is 4.79 Å². The molecule has 3 rings (SSSR count). The third-order valence-electron chi connectivity index (χ3n) is 4.05. The normalized spacial score (nSPS) is 13.7. The topological polar surface area (TPSA) is 81.7 Å². The van der Waals surface area contributed by atoms with E-state index in [2.05, 4.69) is 26.6 Å². The molecule has 0 saturated carbocycles. The molecule has 1 aliphatic heterocycles. The molecule has 1 fully saturated rings. The minimum Gasteiger partial charge on any atom is -0.508 e. The maximum atomic E-state index is 12.3. The number of hydrogen-bond acceptors (Lipinski definition) is 3. The van der Waals surface area contributed by atoms with Gasteiger partial charge in [-0.1, -0.05) is 22.0 Å². The van der Waals surface area contributed by atoms with Gasteiger partial charge in [0.15, 0.2) is 0 Å². The van der Waals surface area contributed by atoms with Crippen LogP contribution >= 0.6 is 15.9 Å². The largest absolute Gasteiger partial charge is 0.508 e. The summed E-state index contributed by atoms with van der Waals surface area (Å²) in [6.45, 7) is 3.14. The molecule has 1 saturated heterocycles. The lowest BCUT2D eigenvalue weighted by molar-refractivity contribution is -0.115. The number of hydrogen-bond donors (Lipinski definition) is 3. The van der Waals surface area contributed by atoms with Gasteiger partial charge in [-0.15, -0.1) is 0 Å². The van der Waals surface area contributed by atoms with Gasteiger partial charge in [0.25, 0.3) is 0 Å². The third-order valence-corrected chi connectivity index (χ3v) is 4.54. The third kappa shape index (κ3) is 3.93. The maximum absolute atomic E-state index is 12.3. The number of carbonyl (C=O) groups excluding carboxylic acids is 2. The highest BCUT2D eigenvalue weighted by atomic mass is 79.9. The summed E-state index contributed by atoms with van der Waals surface area (Å²) in [7, 11) is 0. The number of nitrogens with zero attached hydrogens (tertiary/aromatic N) is 1. The second kappa shape index (κ2) is 7.14. The maximum Gasteiger partial charge on any atom is 0.321 e. The lowest BCUT2D eigenvalue weighted by Crippen LogP contribution is -2.27. The van der Waals surface area contributed by atoms with Crippen molar-refractivity contribution >= 4 is 39.2 Å². The quantitative estimate of drug-likeness (QED) is 0.732. The van der Waals surface area contributed by atoms with E-state index in [0.717, 1.165) is 15.7 Å². The molecule has 2 aromatic rings. The molecule has 25 heavy (non-hydrogen) atoms. The van der Waals surface area contributed by atoms with E-state index in [1.807, 2.05) is 19.1 Å². The van der Waals surface area contributed by atoms with Gasteiger partial charge in [-0.3, -0.25) is 9.69 Å². The highest BCUT2D eigenvalue weighted by Crippen LogP contribution is 2.25. The van der Waals surface area contributed by atoms with Crippen molar-refractivity contribution in [3.8, 4) is 5.75 Å². The number of aryl methyl sites for hydroxylation is 1. The van der Waals surface area contributed by atoms with E-state index in [9.17, 15) is 14.7 Å². The second-order valence-corrected chi connectivity index (χ2v) is 6.80. The average molecular weight is 404 g/mol. The van der Waals surface area contributed by atoms with Gasteiger partial charge in [0.2, 0.25) is 5.91 Å². The van der Waals surface area contributed by atoms with Crippen molar-refractivity contribution in [3.63, 3.8) is 0 Å². The number of anilines is 2. The monoisotopic (exact) mass is 403 g/mol. The molecule has 0 bridgehead atoms. The van der Waals surface area contributed by atoms with Crippen molar-refractivity contribution in [1.29, 1.82) is 0 Å². The van der Waals surface area contributed by atoms with Crippen LogP contribution in [0.2, 0.25) is 0 Å². The van der Waals surface area contributed by atoms with Gasteiger partial charge in [0, 0.05) is 34.5 Å². The number of carbonyl (C=O) groups is 2. The first-order valence-corrected chi connectivity index (χ1v) is 8.66. The molecule has 0 radical (unpaired) electrons. The Labute approximate surface area is 154 Å². The van der Waals surface area contributed by atoms with Gasteiger partial charge in [0.1, 0.15) is 5.75 Å².